The third kappa shape index (κ3) is 3.37. The molecule has 0 aromatic heterocycles. The van der Waals surface area contributed by atoms with E-state index in [-0.39, 0.29) is 17.5 Å². The van der Waals surface area contributed by atoms with E-state index < -0.39 is 0 Å². The van der Waals surface area contributed by atoms with E-state index in [1.165, 1.54) is 6.42 Å². The molecule has 1 aliphatic carbocycles. The van der Waals surface area contributed by atoms with Gasteiger partial charge in [-0.3, -0.25) is 4.79 Å². The summed E-state index contributed by atoms with van der Waals surface area (Å²) in [5.74, 6) is 0.851. The zero-order valence-electron chi connectivity index (χ0n) is 9.09. The van der Waals surface area contributed by atoms with Gasteiger partial charge in [0.15, 0.2) is 0 Å². The molecule has 0 aromatic carbocycles. The lowest BCUT2D eigenvalue weighted by Crippen LogP contribution is -2.27. The quantitative estimate of drug-likeness (QED) is 0.586. The summed E-state index contributed by atoms with van der Waals surface area (Å²) in [7, 11) is 0. The number of rotatable bonds is 1. The van der Waals surface area contributed by atoms with Crippen LogP contribution in [0, 0.1) is 11.8 Å². The number of carbonyl (C=O) groups excluding carboxylic acids is 1. The Labute approximate surface area is 80.7 Å². The molecule has 1 saturated carbocycles. The Morgan fingerprint density at radius 1 is 1.31 bits per heavy atom. The highest BCUT2D eigenvalue weighted by Gasteiger charge is 2.30. The molecular formula is C11H20O2. The predicted octanol–water partition coefficient (Wildman–Crippen LogP) is 2.76. The van der Waals surface area contributed by atoms with Crippen molar-refractivity contribution in [3.05, 3.63) is 0 Å². The minimum absolute atomic E-state index is 0.00292. The van der Waals surface area contributed by atoms with Crippen molar-refractivity contribution in [1.29, 1.82) is 0 Å². The number of esters is 1. The molecule has 1 rings (SSSR count). The van der Waals surface area contributed by atoms with E-state index in [2.05, 4.69) is 6.92 Å². The predicted molar refractivity (Wildman–Crippen MR) is 52.4 cm³/mol. The number of hydrogen-bond acceptors (Lipinski definition) is 2. The maximum atomic E-state index is 11.6. The Kier molecular flexibility index (Phi) is 2.99. The van der Waals surface area contributed by atoms with Crippen LogP contribution in [0.1, 0.15) is 47.0 Å². The fourth-order valence-electron chi connectivity index (χ4n) is 1.81. The Balaban J connectivity index is 2.41. The van der Waals surface area contributed by atoms with Crippen LogP contribution in [0.15, 0.2) is 0 Å². The zero-order chi connectivity index (χ0) is 10.1. The second-order valence-corrected chi connectivity index (χ2v) is 5.15. The lowest BCUT2D eigenvalue weighted by atomic mass is 10.1. The van der Waals surface area contributed by atoms with Gasteiger partial charge in [-0.25, -0.2) is 0 Å². The molecule has 0 bridgehead atoms. The highest BCUT2D eigenvalue weighted by Crippen LogP contribution is 2.31. The molecule has 0 heterocycles. The van der Waals surface area contributed by atoms with Crippen LogP contribution >= 0.6 is 0 Å². The lowest BCUT2D eigenvalue weighted by Gasteiger charge is -2.21. The first kappa shape index (κ1) is 10.6. The molecule has 76 valence electrons. The Morgan fingerprint density at radius 2 is 1.92 bits per heavy atom. The van der Waals surface area contributed by atoms with Crippen molar-refractivity contribution in [2.24, 2.45) is 11.8 Å². The molecule has 2 atom stereocenters. The summed E-state index contributed by atoms with van der Waals surface area (Å²) < 4.78 is 5.33. The van der Waals surface area contributed by atoms with Crippen molar-refractivity contribution < 1.29 is 9.53 Å². The van der Waals surface area contributed by atoms with Crippen molar-refractivity contribution in [1.82, 2.24) is 0 Å². The molecule has 2 heteroatoms. The summed E-state index contributed by atoms with van der Waals surface area (Å²) in [5, 5.41) is 0. The van der Waals surface area contributed by atoms with Gasteiger partial charge in [0.2, 0.25) is 0 Å². The van der Waals surface area contributed by atoms with Gasteiger partial charge in [0.25, 0.3) is 0 Å². The molecule has 0 amide bonds. The van der Waals surface area contributed by atoms with Crippen LogP contribution in [0.2, 0.25) is 0 Å². The van der Waals surface area contributed by atoms with Gasteiger partial charge in [0, 0.05) is 0 Å². The van der Waals surface area contributed by atoms with Crippen molar-refractivity contribution in [2.75, 3.05) is 0 Å². The Bertz CT molecular complexity index is 191. The molecule has 0 saturated heterocycles. The monoisotopic (exact) mass is 184 g/mol. The van der Waals surface area contributed by atoms with Crippen LogP contribution in [0.4, 0.5) is 0 Å². The van der Waals surface area contributed by atoms with E-state index in [1.807, 2.05) is 20.8 Å². The van der Waals surface area contributed by atoms with Crippen LogP contribution in [0.3, 0.4) is 0 Å². The van der Waals surface area contributed by atoms with Crippen molar-refractivity contribution in [3.8, 4) is 0 Å². The summed E-state index contributed by atoms with van der Waals surface area (Å²) in [5.41, 5.74) is -0.330. The van der Waals surface area contributed by atoms with Crippen molar-refractivity contribution in [2.45, 2.75) is 52.6 Å². The minimum atomic E-state index is -0.330. The van der Waals surface area contributed by atoms with Gasteiger partial charge < -0.3 is 4.74 Å². The molecule has 1 fully saturated rings. The van der Waals surface area contributed by atoms with Crippen LogP contribution < -0.4 is 0 Å². The first-order chi connectivity index (χ1) is 5.88. The van der Waals surface area contributed by atoms with Gasteiger partial charge in [-0.05, 0) is 46.0 Å². The van der Waals surface area contributed by atoms with Gasteiger partial charge in [-0.2, -0.15) is 0 Å². The molecule has 0 radical (unpaired) electrons. The largest absolute Gasteiger partial charge is 0.460 e. The van der Waals surface area contributed by atoms with Gasteiger partial charge in [0.1, 0.15) is 5.60 Å². The minimum Gasteiger partial charge on any atom is -0.460 e. The van der Waals surface area contributed by atoms with Crippen molar-refractivity contribution >= 4 is 5.97 Å². The standard InChI is InChI=1S/C11H20O2/c1-8-5-6-9(7-8)10(12)13-11(2,3)4/h8-9H,5-7H2,1-4H3. The maximum absolute atomic E-state index is 11.6. The Morgan fingerprint density at radius 3 is 2.31 bits per heavy atom. The van der Waals surface area contributed by atoms with E-state index in [1.54, 1.807) is 0 Å². The zero-order valence-corrected chi connectivity index (χ0v) is 9.09. The second-order valence-electron chi connectivity index (χ2n) is 5.15. The topological polar surface area (TPSA) is 26.3 Å². The van der Waals surface area contributed by atoms with Gasteiger partial charge in [0.05, 0.1) is 5.92 Å². The van der Waals surface area contributed by atoms with Crippen molar-refractivity contribution in [3.63, 3.8) is 0 Å². The summed E-state index contributed by atoms with van der Waals surface area (Å²) in [6, 6.07) is 0. The third-order valence-corrected chi connectivity index (χ3v) is 2.43. The van der Waals surface area contributed by atoms with E-state index in [0.29, 0.717) is 5.92 Å². The smallest absolute Gasteiger partial charge is 0.309 e. The maximum Gasteiger partial charge on any atom is 0.309 e. The van der Waals surface area contributed by atoms with Crippen LogP contribution in [-0.4, -0.2) is 11.6 Å². The highest BCUT2D eigenvalue weighted by atomic mass is 16.6. The lowest BCUT2D eigenvalue weighted by molar-refractivity contribution is -0.159. The molecule has 0 spiro atoms. The molecule has 2 unspecified atom stereocenters. The highest BCUT2D eigenvalue weighted by molar-refractivity contribution is 5.73. The normalized spacial score (nSPS) is 28.9. The molecular weight excluding hydrogens is 164 g/mol. The summed E-state index contributed by atoms with van der Waals surface area (Å²) in [6.45, 7) is 7.96. The molecule has 0 N–H and O–H groups in total. The van der Waals surface area contributed by atoms with Gasteiger partial charge in [-0.1, -0.05) is 6.92 Å². The fourth-order valence-corrected chi connectivity index (χ4v) is 1.81. The summed E-state index contributed by atoms with van der Waals surface area (Å²) in [4.78, 5) is 11.6. The molecule has 13 heavy (non-hydrogen) atoms. The third-order valence-electron chi connectivity index (χ3n) is 2.43. The summed E-state index contributed by atoms with van der Waals surface area (Å²) >= 11 is 0. The molecule has 0 aromatic rings. The molecule has 0 aliphatic heterocycles. The van der Waals surface area contributed by atoms with E-state index in [9.17, 15) is 4.79 Å². The van der Waals surface area contributed by atoms with E-state index >= 15 is 0 Å². The first-order valence-corrected chi connectivity index (χ1v) is 5.11. The molecule has 2 nitrogen and oxygen atoms in total. The number of hydrogen-bond donors (Lipinski definition) is 0. The van der Waals surface area contributed by atoms with E-state index in [4.69, 9.17) is 4.74 Å². The average molecular weight is 184 g/mol. The summed E-state index contributed by atoms with van der Waals surface area (Å²) in [6.07, 6.45) is 3.19. The van der Waals surface area contributed by atoms with Crippen LogP contribution in [0.5, 0.6) is 0 Å². The first-order valence-electron chi connectivity index (χ1n) is 5.11. The van der Waals surface area contributed by atoms with Crippen LogP contribution in [-0.2, 0) is 9.53 Å². The average Bonchev–Trinajstić information content (AvgIpc) is 2.31. The SMILES string of the molecule is CC1CCC(C(=O)OC(C)(C)C)C1. The second kappa shape index (κ2) is 3.69. The Hall–Kier alpha value is -0.530. The van der Waals surface area contributed by atoms with E-state index in [0.717, 1.165) is 12.8 Å². The number of carbonyl (C=O) groups is 1. The fraction of sp³-hybridized carbons (Fsp3) is 0.909. The number of ether oxygens (including phenoxy) is 1. The van der Waals surface area contributed by atoms with Gasteiger partial charge in [-0.15, -0.1) is 0 Å². The van der Waals surface area contributed by atoms with Crippen LogP contribution in [0.25, 0.3) is 0 Å². The van der Waals surface area contributed by atoms with Gasteiger partial charge >= 0.3 is 5.97 Å². The molecule has 1 aliphatic rings.